The molecule has 1 saturated heterocycles. The van der Waals surface area contributed by atoms with Crippen LogP contribution in [0.4, 0.5) is 13.6 Å². The molecular formula is C19H27F2NO3. The van der Waals surface area contributed by atoms with Crippen LogP contribution in [0.2, 0.25) is 0 Å². The number of piperidine rings is 1. The summed E-state index contributed by atoms with van der Waals surface area (Å²) in [7, 11) is 0. The first-order valence-corrected chi connectivity index (χ1v) is 8.70. The summed E-state index contributed by atoms with van der Waals surface area (Å²) in [5, 5.41) is 0. The summed E-state index contributed by atoms with van der Waals surface area (Å²) in [5.41, 5.74) is -0.475. The topological polar surface area (TPSA) is 38.8 Å². The molecule has 1 fully saturated rings. The molecule has 2 rings (SSSR count). The van der Waals surface area contributed by atoms with Gasteiger partial charge in [-0.1, -0.05) is 13.0 Å². The van der Waals surface area contributed by atoms with E-state index in [2.05, 4.69) is 0 Å². The summed E-state index contributed by atoms with van der Waals surface area (Å²) in [6.45, 7) is 8.74. The predicted molar refractivity (Wildman–Crippen MR) is 91.2 cm³/mol. The number of carbonyl (C=O) groups is 1. The average Bonchev–Trinajstić information content (AvgIpc) is 2.54. The third-order valence-electron chi connectivity index (χ3n) is 4.36. The molecule has 1 aliphatic heterocycles. The molecule has 6 heteroatoms. The first kappa shape index (κ1) is 19.6. The van der Waals surface area contributed by atoms with E-state index in [1.165, 1.54) is 6.07 Å². The van der Waals surface area contributed by atoms with Crippen molar-refractivity contribution < 1.29 is 23.0 Å². The number of carbonyl (C=O) groups excluding carboxylic acids is 1. The van der Waals surface area contributed by atoms with Crippen molar-refractivity contribution in [1.82, 2.24) is 4.90 Å². The fourth-order valence-corrected chi connectivity index (χ4v) is 2.95. The Balaban J connectivity index is 2.03. The fourth-order valence-electron chi connectivity index (χ4n) is 2.95. The highest BCUT2D eigenvalue weighted by Crippen LogP contribution is 2.30. The third kappa shape index (κ3) is 5.39. The van der Waals surface area contributed by atoms with E-state index in [1.54, 1.807) is 4.90 Å². The van der Waals surface area contributed by atoms with Crippen LogP contribution in [-0.4, -0.2) is 35.3 Å². The van der Waals surface area contributed by atoms with E-state index in [4.69, 9.17) is 9.47 Å². The Bertz CT molecular complexity index is 615. The summed E-state index contributed by atoms with van der Waals surface area (Å²) in [5.74, 6) is -1.76. The lowest BCUT2D eigenvalue weighted by Gasteiger charge is -2.42. The molecule has 0 aliphatic carbocycles. The highest BCUT2D eigenvalue weighted by atomic mass is 19.2. The van der Waals surface area contributed by atoms with Gasteiger partial charge in [-0.2, -0.15) is 0 Å². The number of hydrogen-bond acceptors (Lipinski definition) is 3. The first-order valence-electron chi connectivity index (χ1n) is 8.70. The van der Waals surface area contributed by atoms with E-state index < -0.39 is 22.8 Å². The van der Waals surface area contributed by atoms with Gasteiger partial charge in [0, 0.05) is 6.54 Å². The van der Waals surface area contributed by atoms with E-state index in [0.29, 0.717) is 18.7 Å². The molecule has 1 aromatic rings. The van der Waals surface area contributed by atoms with Crippen LogP contribution in [0.15, 0.2) is 18.2 Å². The maximum absolute atomic E-state index is 13.3. The molecule has 0 aromatic heterocycles. The monoisotopic (exact) mass is 355 g/mol. The van der Waals surface area contributed by atoms with Gasteiger partial charge in [0.2, 0.25) is 0 Å². The van der Waals surface area contributed by atoms with Crippen molar-refractivity contribution in [2.45, 2.75) is 64.8 Å². The Morgan fingerprint density at radius 3 is 2.60 bits per heavy atom. The van der Waals surface area contributed by atoms with Gasteiger partial charge < -0.3 is 14.4 Å². The maximum atomic E-state index is 13.3. The number of ether oxygens (including phenoxy) is 2. The van der Waals surface area contributed by atoms with Gasteiger partial charge in [0.15, 0.2) is 11.6 Å². The van der Waals surface area contributed by atoms with E-state index in [0.717, 1.165) is 31.4 Å². The van der Waals surface area contributed by atoms with Gasteiger partial charge in [-0.3, -0.25) is 0 Å². The molecule has 1 unspecified atom stereocenters. The van der Waals surface area contributed by atoms with Gasteiger partial charge in [-0.25, -0.2) is 13.6 Å². The molecule has 0 radical (unpaired) electrons. The van der Waals surface area contributed by atoms with Crippen LogP contribution in [-0.2, 0) is 16.1 Å². The predicted octanol–water partition coefficient (Wildman–Crippen LogP) is 4.66. The van der Waals surface area contributed by atoms with Crippen LogP contribution in [0.5, 0.6) is 0 Å². The Labute approximate surface area is 148 Å². The number of rotatable bonds is 4. The minimum atomic E-state index is -0.884. The molecule has 1 atom stereocenters. The fraction of sp³-hybridized carbons (Fsp3) is 0.632. The molecule has 0 saturated carbocycles. The summed E-state index contributed by atoms with van der Waals surface area (Å²) >= 11 is 0. The van der Waals surface area contributed by atoms with E-state index >= 15 is 0 Å². The standard InChI is InChI=1S/C19H27F2NO3/c1-5-19(24-12-14-7-8-15(20)16(21)11-14)9-6-10-22(13-19)17(23)25-18(2,3)4/h7-8,11H,5-6,9-10,12-13H2,1-4H3. The van der Waals surface area contributed by atoms with Gasteiger partial charge >= 0.3 is 6.09 Å². The van der Waals surface area contributed by atoms with Crippen LogP contribution in [0, 0.1) is 11.6 Å². The Kier molecular flexibility index (Phi) is 6.03. The second-order valence-electron chi connectivity index (χ2n) is 7.58. The van der Waals surface area contributed by atoms with Crippen molar-refractivity contribution >= 4 is 6.09 Å². The quantitative estimate of drug-likeness (QED) is 0.788. The number of benzene rings is 1. The van der Waals surface area contributed by atoms with Crippen LogP contribution < -0.4 is 0 Å². The van der Waals surface area contributed by atoms with Gasteiger partial charge in [-0.05, 0) is 57.7 Å². The second kappa shape index (κ2) is 7.68. The molecular weight excluding hydrogens is 328 g/mol. The van der Waals surface area contributed by atoms with Gasteiger partial charge in [0.25, 0.3) is 0 Å². The Hall–Kier alpha value is -1.69. The summed E-state index contributed by atoms with van der Waals surface area (Å²) in [4.78, 5) is 14.0. The number of halogens is 2. The largest absolute Gasteiger partial charge is 0.444 e. The minimum absolute atomic E-state index is 0.174. The lowest BCUT2D eigenvalue weighted by Crippen LogP contribution is -2.52. The van der Waals surface area contributed by atoms with Crippen molar-refractivity contribution in [1.29, 1.82) is 0 Å². The average molecular weight is 355 g/mol. The van der Waals surface area contributed by atoms with Gasteiger partial charge in [0.1, 0.15) is 5.60 Å². The van der Waals surface area contributed by atoms with E-state index in [9.17, 15) is 13.6 Å². The van der Waals surface area contributed by atoms with Crippen molar-refractivity contribution in [3.05, 3.63) is 35.4 Å². The molecule has 1 aliphatic rings. The molecule has 4 nitrogen and oxygen atoms in total. The molecule has 140 valence electrons. The smallest absolute Gasteiger partial charge is 0.410 e. The van der Waals surface area contributed by atoms with Crippen molar-refractivity contribution in [3.63, 3.8) is 0 Å². The number of likely N-dealkylation sites (tertiary alicyclic amines) is 1. The zero-order valence-corrected chi connectivity index (χ0v) is 15.4. The molecule has 0 spiro atoms. The van der Waals surface area contributed by atoms with Crippen LogP contribution >= 0.6 is 0 Å². The van der Waals surface area contributed by atoms with Crippen molar-refractivity contribution in [3.8, 4) is 0 Å². The number of nitrogens with zero attached hydrogens (tertiary/aromatic N) is 1. The normalized spacial score (nSPS) is 21.3. The van der Waals surface area contributed by atoms with Gasteiger partial charge in [0.05, 0.1) is 18.8 Å². The molecule has 0 N–H and O–H groups in total. The highest BCUT2D eigenvalue weighted by Gasteiger charge is 2.38. The molecule has 1 aromatic carbocycles. The van der Waals surface area contributed by atoms with Crippen LogP contribution in [0.1, 0.15) is 52.5 Å². The SMILES string of the molecule is CCC1(OCc2ccc(F)c(F)c2)CCCN(C(=O)OC(C)(C)C)C1. The number of hydrogen-bond donors (Lipinski definition) is 0. The van der Waals surface area contributed by atoms with Crippen LogP contribution in [0.25, 0.3) is 0 Å². The zero-order valence-electron chi connectivity index (χ0n) is 15.4. The third-order valence-corrected chi connectivity index (χ3v) is 4.36. The lowest BCUT2D eigenvalue weighted by atomic mass is 9.90. The number of amides is 1. The van der Waals surface area contributed by atoms with E-state index in [1.807, 2.05) is 27.7 Å². The van der Waals surface area contributed by atoms with Gasteiger partial charge in [-0.15, -0.1) is 0 Å². The van der Waals surface area contributed by atoms with Crippen molar-refractivity contribution in [2.24, 2.45) is 0 Å². The minimum Gasteiger partial charge on any atom is -0.444 e. The van der Waals surface area contributed by atoms with Crippen molar-refractivity contribution in [2.75, 3.05) is 13.1 Å². The molecule has 1 heterocycles. The summed E-state index contributed by atoms with van der Waals surface area (Å²) in [6.07, 6.45) is 1.99. The highest BCUT2D eigenvalue weighted by molar-refractivity contribution is 5.68. The lowest BCUT2D eigenvalue weighted by molar-refractivity contribution is -0.101. The molecule has 25 heavy (non-hydrogen) atoms. The zero-order chi connectivity index (χ0) is 18.7. The Morgan fingerprint density at radius 2 is 2.00 bits per heavy atom. The summed E-state index contributed by atoms with van der Waals surface area (Å²) in [6, 6.07) is 3.75. The molecule has 1 amide bonds. The van der Waals surface area contributed by atoms with Crippen LogP contribution in [0.3, 0.4) is 0 Å². The molecule has 0 bridgehead atoms. The maximum Gasteiger partial charge on any atom is 0.410 e. The first-order chi connectivity index (χ1) is 11.6. The summed E-state index contributed by atoms with van der Waals surface area (Å²) < 4.78 is 37.9. The second-order valence-corrected chi connectivity index (χ2v) is 7.58. The Morgan fingerprint density at radius 1 is 1.28 bits per heavy atom. The van der Waals surface area contributed by atoms with E-state index in [-0.39, 0.29) is 12.7 Å².